The molecule has 0 bridgehead atoms. The van der Waals surface area contributed by atoms with Crippen LogP contribution in [0.25, 0.3) is 0 Å². The molecule has 0 aliphatic carbocycles. The summed E-state index contributed by atoms with van der Waals surface area (Å²) >= 11 is 0. The molecule has 0 unspecified atom stereocenters. The second-order valence-electron chi connectivity index (χ2n) is 6.98. The number of nitrogens with zero attached hydrogens (tertiary/aromatic N) is 3. The van der Waals surface area contributed by atoms with Gasteiger partial charge in [0.15, 0.2) is 0 Å². The molecule has 2 aliphatic heterocycles. The number of piperidine rings is 2. The Hall–Kier alpha value is -0.120. The van der Waals surface area contributed by atoms with E-state index in [0.29, 0.717) is 6.04 Å². The summed E-state index contributed by atoms with van der Waals surface area (Å²) < 4.78 is 0. The fourth-order valence-corrected chi connectivity index (χ4v) is 3.82. The average molecular weight is 267 g/mol. The van der Waals surface area contributed by atoms with E-state index in [4.69, 9.17) is 0 Å². The van der Waals surface area contributed by atoms with Crippen LogP contribution in [0.4, 0.5) is 0 Å². The number of hydrogen-bond acceptors (Lipinski definition) is 3. The summed E-state index contributed by atoms with van der Waals surface area (Å²) in [5.74, 6) is 0. The van der Waals surface area contributed by atoms with E-state index >= 15 is 0 Å². The number of likely N-dealkylation sites (tertiary alicyclic amines) is 2. The summed E-state index contributed by atoms with van der Waals surface area (Å²) in [6.07, 6.45) is 6.94. The number of rotatable bonds is 4. The Bertz CT molecular complexity index is 257. The molecule has 2 aliphatic rings. The largest absolute Gasteiger partial charge is 0.306 e. The molecule has 19 heavy (non-hydrogen) atoms. The standard InChI is InChI=1S/C16H33N3/c1-14(2)19-10-6-5-7-16(19)13-18-11-8-15(9-12-18)17(3)4/h14-16H,5-13H2,1-4H3/t16-/m1/s1. The predicted octanol–water partition coefficient (Wildman–Crippen LogP) is 2.28. The van der Waals surface area contributed by atoms with Gasteiger partial charge in [-0.25, -0.2) is 0 Å². The van der Waals surface area contributed by atoms with Gasteiger partial charge in [0.25, 0.3) is 0 Å². The first-order valence-corrected chi connectivity index (χ1v) is 8.22. The zero-order valence-corrected chi connectivity index (χ0v) is 13.4. The minimum Gasteiger partial charge on any atom is -0.306 e. The van der Waals surface area contributed by atoms with E-state index in [2.05, 4.69) is 42.6 Å². The lowest BCUT2D eigenvalue weighted by atomic mass is 9.98. The minimum absolute atomic E-state index is 0.713. The van der Waals surface area contributed by atoms with Crippen molar-refractivity contribution in [2.24, 2.45) is 0 Å². The molecule has 3 nitrogen and oxygen atoms in total. The van der Waals surface area contributed by atoms with Crippen LogP contribution in [0.15, 0.2) is 0 Å². The normalized spacial score (nSPS) is 28.4. The fraction of sp³-hybridized carbons (Fsp3) is 1.00. The van der Waals surface area contributed by atoms with Crippen molar-refractivity contribution >= 4 is 0 Å². The molecule has 0 aromatic heterocycles. The molecule has 0 saturated carbocycles. The second kappa shape index (κ2) is 7.05. The van der Waals surface area contributed by atoms with Crippen LogP contribution in [0.3, 0.4) is 0 Å². The van der Waals surface area contributed by atoms with Crippen molar-refractivity contribution in [3.8, 4) is 0 Å². The topological polar surface area (TPSA) is 9.72 Å². The Morgan fingerprint density at radius 1 is 1.00 bits per heavy atom. The summed E-state index contributed by atoms with van der Waals surface area (Å²) in [4.78, 5) is 7.85. The van der Waals surface area contributed by atoms with Crippen LogP contribution < -0.4 is 0 Å². The van der Waals surface area contributed by atoms with Crippen molar-refractivity contribution < 1.29 is 0 Å². The summed E-state index contributed by atoms with van der Waals surface area (Å²) in [5, 5.41) is 0. The molecule has 2 fully saturated rings. The Kier molecular flexibility index (Phi) is 5.67. The lowest BCUT2D eigenvalue weighted by molar-refractivity contribution is 0.0603. The van der Waals surface area contributed by atoms with E-state index in [0.717, 1.165) is 12.1 Å². The lowest BCUT2D eigenvalue weighted by Gasteiger charge is -2.43. The van der Waals surface area contributed by atoms with Crippen LogP contribution in [0.1, 0.15) is 46.0 Å². The van der Waals surface area contributed by atoms with Gasteiger partial charge < -0.3 is 9.80 Å². The molecule has 2 rings (SSSR count). The van der Waals surface area contributed by atoms with Crippen LogP contribution in [0.2, 0.25) is 0 Å². The highest BCUT2D eigenvalue weighted by atomic mass is 15.2. The third-order valence-corrected chi connectivity index (χ3v) is 5.09. The van der Waals surface area contributed by atoms with Crippen molar-refractivity contribution in [2.45, 2.75) is 64.1 Å². The van der Waals surface area contributed by atoms with Crippen LogP contribution in [-0.2, 0) is 0 Å². The highest BCUT2D eigenvalue weighted by Crippen LogP contribution is 2.22. The average Bonchev–Trinajstić information content (AvgIpc) is 2.39. The second-order valence-corrected chi connectivity index (χ2v) is 6.98. The van der Waals surface area contributed by atoms with Gasteiger partial charge in [-0.2, -0.15) is 0 Å². The first-order valence-electron chi connectivity index (χ1n) is 8.22. The molecule has 112 valence electrons. The van der Waals surface area contributed by atoms with Crippen molar-refractivity contribution in [3.05, 3.63) is 0 Å². The third kappa shape index (κ3) is 4.17. The maximum absolute atomic E-state index is 2.74. The Morgan fingerprint density at radius 3 is 2.26 bits per heavy atom. The van der Waals surface area contributed by atoms with Gasteiger partial charge in [-0.15, -0.1) is 0 Å². The zero-order valence-electron chi connectivity index (χ0n) is 13.4. The zero-order chi connectivity index (χ0) is 13.8. The summed E-state index contributed by atoms with van der Waals surface area (Å²) in [7, 11) is 4.45. The Balaban J connectivity index is 1.80. The van der Waals surface area contributed by atoms with Crippen LogP contribution in [0.5, 0.6) is 0 Å². The molecule has 0 N–H and O–H groups in total. The SMILES string of the molecule is CC(C)N1CCCC[C@@H]1CN1CCC(N(C)C)CC1. The number of hydrogen-bond donors (Lipinski definition) is 0. The van der Waals surface area contributed by atoms with E-state index in [1.165, 1.54) is 58.3 Å². The summed E-state index contributed by atoms with van der Waals surface area (Å²) in [6, 6.07) is 2.33. The molecular weight excluding hydrogens is 234 g/mol. The molecule has 0 spiro atoms. The van der Waals surface area contributed by atoms with Gasteiger partial charge in [-0.3, -0.25) is 4.90 Å². The first-order chi connectivity index (χ1) is 9.08. The summed E-state index contributed by atoms with van der Waals surface area (Å²) in [6.45, 7) is 9.93. The first kappa shape index (κ1) is 15.3. The predicted molar refractivity (Wildman–Crippen MR) is 82.6 cm³/mol. The molecule has 0 aromatic rings. The third-order valence-electron chi connectivity index (χ3n) is 5.09. The van der Waals surface area contributed by atoms with E-state index < -0.39 is 0 Å². The van der Waals surface area contributed by atoms with Crippen molar-refractivity contribution in [3.63, 3.8) is 0 Å². The highest BCUT2D eigenvalue weighted by molar-refractivity contribution is 4.85. The van der Waals surface area contributed by atoms with Gasteiger partial charge in [0.1, 0.15) is 0 Å². The van der Waals surface area contributed by atoms with Crippen LogP contribution in [-0.4, -0.2) is 73.1 Å². The fourth-order valence-electron chi connectivity index (χ4n) is 3.82. The molecule has 2 saturated heterocycles. The molecule has 2 heterocycles. The molecule has 0 radical (unpaired) electrons. The molecular formula is C16H33N3. The van der Waals surface area contributed by atoms with Gasteiger partial charge in [0.2, 0.25) is 0 Å². The van der Waals surface area contributed by atoms with Gasteiger partial charge in [0.05, 0.1) is 0 Å². The van der Waals surface area contributed by atoms with Gasteiger partial charge >= 0.3 is 0 Å². The highest BCUT2D eigenvalue weighted by Gasteiger charge is 2.28. The Labute approximate surface area is 119 Å². The minimum atomic E-state index is 0.713. The maximum Gasteiger partial charge on any atom is 0.0225 e. The van der Waals surface area contributed by atoms with E-state index in [-0.39, 0.29) is 0 Å². The van der Waals surface area contributed by atoms with Crippen molar-refractivity contribution in [1.29, 1.82) is 0 Å². The van der Waals surface area contributed by atoms with Gasteiger partial charge in [0, 0.05) is 24.7 Å². The molecule has 3 heteroatoms. The quantitative estimate of drug-likeness (QED) is 0.774. The van der Waals surface area contributed by atoms with Crippen LogP contribution >= 0.6 is 0 Å². The lowest BCUT2D eigenvalue weighted by Crippen LogP contribution is -2.52. The summed E-state index contributed by atoms with van der Waals surface area (Å²) in [5.41, 5.74) is 0. The van der Waals surface area contributed by atoms with E-state index in [1.54, 1.807) is 0 Å². The molecule has 0 aromatic carbocycles. The van der Waals surface area contributed by atoms with E-state index in [1.807, 2.05) is 0 Å². The van der Waals surface area contributed by atoms with Gasteiger partial charge in [-0.1, -0.05) is 6.42 Å². The van der Waals surface area contributed by atoms with Crippen molar-refractivity contribution in [1.82, 2.24) is 14.7 Å². The van der Waals surface area contributed by atoms with E-state index in [9.17, 15) is 0 Å². The monoisotopic (exact) mass is 267 g/mol. The Morgan fingerprint density at radius 2 is 1.68 bits per heavy atom. The van der Waals surface area contributed by atoms with Crippen LogP contribution in [0, 0.1) is 0 Å². The van der Waals surface area contributed by atoms with Gasteiger partial charge in [-0.05, 0) is 73.3 Å². The van der Waals surface area contributed by atoms with Crippen molar-refractivity contribution in [2.75, 3.05) is 40.3 Å². The maximum atomic E-state index is 2.74. The molecule has 1 atom stereocenters. The molecule has 0 amide bonds. The smallest absolute Gasteiger partial charge is 0.0225 e.